The molecule has 1 fully saturated rings. The van der Waals surface area contributed by atoms with Crippen molar-refractivity contribution in [3.8, 4) is 23.3 Å². The van der Waals surface area contributed by atoms with Crippen LogP contribution < -0.4 is 15.0 Å². The Bertz CT molecular complexity index is 1170. The van der Waals surface area contributed by atoms with Gasteiger partial charge < -0.3 is 14.0 Å². The Kier molecular flexibility index (Phi) is 6.03. The number of rotatable bonds is 6. The van der Waals surface area contributed by atoms with Crippen LogP contribution in [0.5, 0.6) is 11.5 Å². The molecule has 31 heavy (non-hydrogen) atoms. The van der Waals surface area contributed by atoms with Gasteiger partial charge in [0.2, 0.25) is 0 Å². The maximum absolute atomic E-state index is 12.8. The fourth-order valence-electron chi connectivity index (χ4n) is 3.34. The first-order chi connectivity index (χ1) is 15.0. The van der Waals surface area contributed by atoms with Crippen molar-refractivity contribution in [1.29, 1.82) is 0 Å². The predicted molar refractivity (Wildman–Crippen MR) is 118 cm³/mol. The van der Waals surface area contributed by atoms with E-state index in [1.807, 2.05) is 44.2 Å². The van der Waals surface area contributed by atoms with Crippen molar-refractivity contribution < 1.29 is 9.47 Å². The fraction of sp³-hybridized carbons (Fsp3) is 0.320. The van der Waals surface area contributed by atoms with Crippen LogP contribution in [0.15, 0.2) is 53.6 Å². The molecule has 158 valence electrons. The molecule has 3 aromatic rings. The highest BCUT2D eigenvalue weighted by molar-refractivity contribution is 5.38. The van der Waals surface area contributed by atoms with E-state index in [9.17, 15) is 4.79 Å². The molecule has 1 aliphatic carbocycles. The van der Waals surface area contributed by atoms with Crippen molar-refractivity contribution in [2.45, 2.75) is 39.3 Å². The molecule has 1 saturated carbocycles. The lowest BCUT2D eigenvalue weighted by molar-refractivity contribution is 0.293. The molecule has 1 aliphatic rings. The van der Waals surface area contributed by atoms with Crippen LogP contribution in [0.2, 0.25) is 0 Å². The molecule has 2 heterocycles. The van der Waals surface area contributed by atoms with Gasteiger partial charge in [-0.05, 0) is 50.5 Å². The second-order valence-electron chi connectivity index (χ2n) is 7.71. The summed E-state index contributed by atoms with van der Waals surface area (Å²) in [6.45, 7) is 4.10. The first-order valence-corrected chi connectivity index (χ1v) is 10.4. The number of aromatic nitrogens is 3. The first kappa shape index (κ1) is 20.7. The van der Waals surface area contributed by atoms with Crippen LogP contribution in [0, 0.1) is 24.7 Å². The fourth-order valence-corrected chi connectivity index (χ4v) is 3.34. The Morgan fingerprint density at radius 3 is 2.45 bits per heavy atom. The van der Waals surface area contributed by atoms with E-state index in [1.54, 1.807) is 24.1 Å². The molecule has 0 saturated heterocycles. The van der Waals surface area contributed by atoms with E-state index in [-0.39, 0.29) is 18.2 Å². The smallest absolute Gasteiger partial charge is 0.254 e. The van der Waals surface area contributed by atoms with Crippen LogP contribution in [-0.2, 0) is 6.61 Å². The highest BCUT2D eigenvalue weighted by Gasteiger charge is 2.18. The van der Waals surface area contributed by atoms with Gasteiger partial charge in [-0.15, -0.1) is 0 Å². The maximum Gasteiger partial charge on any atom is 0.254 e. The molecule has 2 aromatic heterocycles. The second-order valence-corrected chi connectivity index (χ2v) is 7.71. The Labute approximate surface area is 181 Å². The summed E-state index contributed by atoms with van der Waals surface area (Å²) < 4.78 is 12.6. The number of nitrogens with zero attached hydrogens (tertiary/aromatic N) is 3. The van der Waals surface area contributed by atoms with Gasteiger partial charge >= 0.3 is 0 Å². The molecule has 0 unspecified atom stereocenters. The van der Waals surface area contributed by atoms with E-state index >= 15 is 0 Å². The zero-order chi connectivity index (χ0) is 21.8. The minimum absolute atomic E-state index is 0.100. The number of aryl methyl sites for hydroxylation is 1. The van der Waals surface area contributed by atoms with Gasteiger partial charge in [-0.2, -0.15) is 0 Å². The molecule has 1 aromatic carbocycles. The van der Waals surface area contributed by atoms with Gasteiger partial charge in [-0.1, -0.05) is 24.0 Å². The molecule has 1 atom stereocenters. The van der Waals surface area contributed by atoms with Gasteiger partial charge in [0.15, 0.2) is 11.6 Å². The van der Waals surface area contributed by atoms with Gasteiger partial charge in [0.25, 0.3) is 5.56 Å². The lowest BCUT2D eigenvalue weighted by Gasteiger charge is -2.19. The maximum atomic E-state index is 12.8. The zero-order valence-corrected chi connectivity index (χ0v) is 18.0. The lowest BCUT2D eigenvalue weighted by atomic mass is 10.1. The number of hydrogen-bond donors (Lipinski definition) is 0. The van der Waals surface area contributed by atoms with Crippen molar-refractivity contribution in [3.05, 3.63) is 81.8 Å². The summed E-state index contributed by atoms with van der Waals surface area (Å²) in [6, 6.07) is 11.4. The van der Waals surface area contributed by atoms with Crippen LogP contribution in [0.25, 0.3) is 0 Å². The molecule has 0 aliphatic heterocycles. The largest absolute Gasteiger partial charge is 0.494 e. The van der Waals surface area contributed by atoms with Crippen LogP contribution in [0.4, 0.5) is 0 Å². The molecule has 0 spiro atoms. The van der Waals surface area contributed by atoms with E-state index < -0.39 is 0 Å². The standard InChI is InChI=1S/C25H25N3O3/c1-17-12-22(31-16-24-26-14-23(30-3)15-27-24)13-25(29)28(17)18(2)21-10-8-20(9-11-21)7-6-19-4-5-19/h8-15,18-19H,4-5,16H2,1-3H3/t18-/m1/s1. The van der Waals surface area contributed by atoms with E-state index in [0.29, 0.717) is 23.2 Å². The third-order valence-corrected chi connectivity index (χ3v) is 5.30. The molecule has 6 heteroatoms. The number of ether oxygens (including phenoxy) is 2. The minimum atomic E-state index is -0.115. The number of pyridine rings is 1. The summed E-state index contributed by atoms with van der Waals surface area (Å²) in [5.41, 5.74) is 2.78. The average molecular weight is 415 g/mol. The van der Waals surface area contributed by atoms with Gasteiger partial charge in [-0.25, -0.2) is 9.97 Å². The van der Waals surface area contributed by atoms with Crippen molar-refractivity contribution >= 4 is 0 Å². The van der Waals surface area contributed by atoms with Crippen LogP contribution in [0.1, 0.15) is 48.5 Å². The quantitative estimate of drug-likeness (QED) is 0.571. The molecule has 0 amide bonds. The van der Waals surface area contributed by atoms with Gasteiger partial charge in [0.05, 0.1) is 25.5 Å². The summed E-state index contributed by atoms with van der Waals surface area (Å²) in [4.78, 5) is 21.2. The summed E-state index contributed by atoms with van der Waals surface area (Å²) in [7, 11) is 1.56. The topological polar surface area (TPSA) is 66.2 Å². The normalized spacial score (nSPS) is 13.8. The van der Waals surface area contributed by atoms with Crippen LogP contribution >= 0.6 is 0 Å². The van der Waals surface area contributed by atoms with Crippen molar-refractivity contribution in [2.24, 2.45) is 5.92 Å². The van der Waals surface area contributed by atoms with Gasteiger partial charge in [-0.3, -0.25) is 4.79 Å². The highest BCUT2D eigenvalue weighted by atomic mass is 16.5. The summed E-state index contributed by atoms with van der Waals surface area (Å²) >= 11 is 0. The van der Waals surface area contributed by atoms with Crippen molar-refractivity contribution in [1.82, 2.24) is 14.5 Å². The monoisotopic (exact) mass is 415 g/mol. The van der Waals surface area contributed by atoms with E-state index in [2.05, 4.69) is 21.8 Å². The predicted octanol–water partition coefficient (Wildman–Crippen LogP) is 3.91. The van der Waals surface area contributed by atoms with Gasteiger partial charge in [0, 0.05) is 23.2 Å². The lowest BCUT2D eigenvalue weighted by Crippen LogP contribution is -2.25. The van der Waals surface area contributed by atoms with Crippen LogP contribution in [0.3, 0.4) is 0 Å². The summed E-state index contributed by atoms with van der Waals surface area (Å²) in [5, 5.41) is 0. The van der Waals surface area contributed by atoms with Gasteiger partial charge in [0.1, 0.15) is 12.4 Å². The SMILES string of the molecule is COc1cnc(COc2cc(C)n([C@H](C)c3ccc(C#CC4CC4)cc3)c(=O)c2)nc1. The Hall–Kier alpha value is -3.59. The first-order valence-electron chi connectivity index (χ1n) is 10.4. The third kappa shape index (κ3) is 5.13. The molecule has 4 rings (SSSR count). The molecule has 0 bridgehead atoms. The molecule has 0 radical (unpaired) electrons. The average Bonchev–Trinajstić information content (AvgIpc) is 3.61. The minimum Gasteiger partial charge on any atom is -0.494 e. The Balaban J connectivity index is 1.47. The number of hydrogen-bond acceptors (Lipinski definition) is 5. The van der Waals surface area contributed by atoms with E-state index in [1.165, 1.54) is 18.9 Å². The summed E-state index contributed by atoms with van der Waals surface area (Å²) in [6.07, 6.45) is 5.60. The number of benzene rings is 1. The van der Waals surface area contributed by atoms with E-state index in [0.717, 1.165) is 16.8 Å². The molecule has 0 N–H and O–H groups in total. The number of methoxy groups -OCH3 is 1. The zero-order valence-electron chi connectivity index (χ0n) is 18.0. The van der Waals surface area contributed by atoms with Crippen molar-refractivity contribution in [3.63, 3.8) is 0 Å². The highest BCUT2D eigenvalue weighted by Crippen LogP contribution is 2.27. The molecular formula is C25H25N3O3. The van der Waals surface area contributed by atoms with E-state index in [4.69, 9.17) is 9.47 Å². The van der Waals surface area contributed by atoms with Crippen LogP contribution in [-0.4, -0.2) is 21.6 Å². The Morgan fingerprint density at radius 1 is 1.13 bits per heavy atom. The third-order valence-electron chi connectivity index (χ3n) is 5.30. The summed E-state index contributed by atoms with van der Waals surface area (Å²) in [5.74, 6) is 8.67. The van der Waals surface area contributed by atoms with Crippen molar-refractivity contribution in [2.75, 3.05) is 7.11 Å². The second kappa shape index (κ2) is 9.05. The Morgan fingerprint density at radius 2 is 1.84 bits per heavy atom. The molecule has 6 nitrogen and oxygen atoms in total. The molecular weight excluding hydrogens is 390 g/mol.